The number of hydrogen-bond acceptors (Lipinski definition) is 2. The summed E-state index contributed by atoms with van der Waals surface area (Å²) in [6.45, 7) is 0.855. The highest BCUT2D eigenvalue weighted by Crippen LogP contribution is 2.22. The van der Waals surface area contributed by atoms with Crippen LogP contribution in [0.2, 0.25) is 0 Å². The Balaban J connectivity index is 2.48. The van der Waals surface area contributed by atoms with Gasteiger partial charge in [-0.15, -0.1) is 0 Å². The molecule has 0 saturated carbocycles. The first-order chi connectivity index (χ1) is 4.77. The molecule has 0 aromatic heterocycles. The Kier molecular flexibility index (Phi) is 2.51. The van der Waals surface area contributed by atoms with E-state index >= 15 is 0 Å². The third-order valence-electron chi connectivity index (χ3n) is 1.93. The van der Waals surface area contributed by atoms with Crippen LogP contribution in [0.15, 0.2) is 12.3 Å². The third kappa shape index (κ3) is 1.85. The first-order valence-electron chi connectivity index (χ1n) is 3.73. The van der Waals surface area contributed by atoms with Crippen LogP contribution in [0.4, 0.5) is 0 Å². The molecule has 1 saturated heterocycles. The van der Waals surface area contributed by atoms with E-state index in [0.29, 0.717) is 0 Å². The van der Waals surface area contributed by atoms with Gasteiger partial charge in [-0.25, -0.2) is 0 Å². The Hall–Kier alpha value is -0.283. The molecular weight excluding hydrogens is 144 g/mol. The first kappa shape index (κ1) is 7.82. The predicted octanol–water partition coefficient (Wildman–Crippen LogP) is 0.320. The minimum Gasteiger partial charge on any atom is -0.516 e. The molecular formula is C7H14O2Si. The summed E-state index contributed by atoms with van der Waals surface area (Å²) < 4.78 is 5.52. The molecule has 2 nitrogen and oxygen atoms in total. The van der Waals surface area contributed by atoms with Gasteiger partial charge in [0.2, 0.25) is 0 Å². The van der Waals surface area contributed by atoms with Crippen LogP contribution in [-0.2, 0) is 4.74 Å². The van der Waals surface area contributed by atoms with Crippen molar-refractivity contribution in [2.75, 3.05) is 6.61 Å². The summed E-state index contributed by atoms with van der Waals surface area (Å²) in [5, 5.41) is 8.48. The number of hydrogen-bond donors (Lipinski definition) is 1. The topological polar surface area (TPSA) is 29.5 Å². The van der Waals surface area contributed by atoms with E-state index in [1.807, 2.05) is 0 Å². The summed E-state index contributed by atoms with van der Waals surface area (Å²) in [6.07, 6.45) is 6.37. The molecule has 0 radical (unpaired) electrons. The second kappa shape index (κ2) is 3.21. The Morgan fingerprint density at radius 2 is 2.30 bits per heavy atom. The maximum absolute atomic E-state index is 8.55. The zero-order valence-corrected chi connectivity index (χ0v) is 8.34. The molecule has 1 N–H and O–H groups in total. The first-order valence-corrected chi connectivity index (χ1v) is 4.73. The average molecular weight is 158 g/mol. The lowest BCUT2D eigenvalue weighted by molar-refractivity contribution is 0.0143. The molecule has 10 heavy (non-hydrogen) atoms. The van der Waals surface area contributed by atoms with Gasteiger partial charge in [-0.3, -0.25) is 0 Å². The van der Waals surface area contributed by atoms with Crippen LogP contribution in [0.5, 0.6) is 0 Å². The van der Waals surface area contributed by atoms with Crippen LogP contribution in [-0.4, -0.2) is 27.2 Å². The van der Waals surface area contributed by atoms with Crippen molar-refractivity contribution in [2.24, 2.45) is 0 Å². The molecule has 1 heterocycles. The number of aliphatic hydroxyl groups excluding tert-OH is 1. The Morgan fingerprint density at radius 3 is 2.80 bits per heavy atom. The van der Waals surface area contributed by atoms with Gasteiger partial charge in [0.1, 0.15) is 0 Å². The summed E-state index contributed by atoms with van der Waals surface area (Å²) in [7, 11) is 0.971. The molecule has 0 aromatic carbocycles. The van der Waals surface area contributed by atoms with Crippen molar-refractivity contribution in [3.05, 3.63) is 12.3 Å². The van der Waals surface area contributed by atoms with Crippen LogP contribution in [0.25, 0.3) is 0 Å². The monoisotopic (exact) mass is 158 g/mol. The van der Waals surface area contributed by atoms with Crippen molar-refractivity contribution in [3.8, 4) is 0 Å². The predicted molar refractivity (Wildman–Crippen MR) is 44.2 cm³/mol. The van der Waals surface area contributed by atoms with E-state index in [1.54, 1.807) is 6.08 Å². The van der Waals surface area contributed by atoms with Gasteiger partial charge < -0.3 is 9.84 Å². The van der Waals surface area contributed by atoms with Gasteiger partial charge in [-0.2, -0.15) is 0 Å². The molecule has 0 spiro atoms. The van der Waals surface area contributed by atoms with Gasteiger partial charge in [0, 0.05) is 16.8 Å². The van der Waals surface area contributed by atoms with Gasteiger partial charge in [0.15, 0.2) is 0 Å². The normalized spacial score (nSPS) is 35.2. The zero-order valence-electron chi connectivity index (χ0n) is 6.34. The number of rotatable bonds is 1. The molecule has 3 heteroatoms. The maximum Gasteiger partial charge on any atom is 0.0776 e. The van der Waals surface area contributed by atoms with E-state index in [-0.39, 0.29) is 5.22 Å². The van der Waals surface area contributed by atoms with Crippen LogP contribution in [0.3, 0.4) is 0 Å². The maximum atomic E-state index is 8.55. The standard InChI is InChI=1S/C7H14O2Si/c8-5-4-7(10)3-1-2-6-9-7/h4-5,8H,1-3,6H2,10H3. The van der Waals surface area contributed by atoms with Gasteiger partial charge in [-0.1, -0.05) is 0 Å². The van der Waals surface area contributed by atoms with E-state index in [9.17, 15) is 0 Å². The third-order valence-corrected chi connectivity index (χ3v) is 3.05. The molecule has 0 amide bonds. The van der Waals surface area contributed by atoms with Crippen molar-refractivity contribution in [3.63, 3.8) is 0 Å². The van der Waals surface area contributed by atoms with Crippen molar-refractivity contribution in [1.29, 1.82) is 0 Å². The van der Waals surface area contributed by atoms with Crippen LogP contribution >= 0.6 is 0 Å². The molecule has 0 aromatic rings. The summed E-state index contributed by atoms with van der Waals surface area (Å²) in [4.78, 5) is 0. The van der Waals surface area contributed by atoms with E-state index in [1.165, 1.54) is 12.8 Å². The Labute approximate surface area is 64.3 Å². The fraction of sp³-hybridized carbons (Fsp3) is 0.714. The van der Waals surface area contributed by atoms with E-state index in [0.717, 1.165) is 29.5 Å². The molecule has 1 aliphatic rings. The lowest BCUT2D eigenvalue weighted by Gasteiger charge is -2.30. The van der Waals surface area contributed by atoms with Gasteiger partial charge in [-0.05, 0) is 25.3 Å². The van der Waals surface area contributed by atoms with Crippen molar-refractivity contribution in [1.82, 2.24) is 0 Å². The molecule has 1 atom stereocenters. The largest absolute Gasteiger partial charge is 0.516 e. The summed E-state index contributed by atoms with van der Waals surface area (Å²) >= 11 is 0. The molecule has 0 aliphatic carbocycles. The number of ether oxygens (including phenoxy) is 1. The van der Waals surface area contributed by atoms with Crippen LogP contribution in [0.1, 0.15) is 19.3 Å². The summed E-state index contributed by atoms with van der Waals surface area (Å²) in [5.41, 5.74) is 0. The van der Waals surface area contributed by atoms with Gasteiger partial charge in [0.25, 0.3) is 0 Å². The molecule has 1 fully saturated rings. The smallest absolute Gasteiger partial charge is 0.0776 e. The lowest BCUT2D eigenvalue weighted by atomic mass is 10.1. The van der Waals surface area contributed by atoms with Crippen molar-refractivity contribution >= 4 is 10.2 Å². The van der Waals surface area contributed by atoms with E-state index in [2.05, 4.69) is 0 Å². The Morgan fingerprint density at radius 1 is 1.50 bits per heavy atom. The number of aliphatic hydroxyl groups is 1. The fourth-order valence-corrected chi connectivity index (χ4v) is 1.95. The minimum absolute atomic E-state index is 0.0625. The van der Waals surface area contributed by atoms with Crippen LogP contribution in [0, 0.1) is 0 Å². The second-order valence-electron chi connectivity index (χ2n) is 2.93. The highest BCUT2D eigenvalue weighted by Gasteiger charge is 2.23. The molecule has 58 valence electrons. The highest BCUT2D eigenvalue weighted by molar-refractivity contribution is 6.16. The quantitative estimate of drug-likeness (QED) is 0.440. The van der Waals surface area contributed by atoms with Gasteiger partial charge >= 0.3 is 0 Å². The van der Waals surface area contributed by atoms with Crippen LogP contribution < -0.4 is 0 Å². The SMILES string of the molecule is OC=CC1([SiH3])CCCCO1. The molecule has 0 bridgehead atoms. The fourth-order valence-electron chi connectivity index (χ4n) is 1.24. The van der Waals surface area contributed by atoms with E-state index < -0.39 is 0 Å². The minimum atomic E-state index is -0.0625. The lowest BCUT2D eigenvalue weighted by Crippen LogP contribution is -2.34. The van der Waals surface area contributed by atoms with Crippen molar-refractivity contribution in [2.45, 2.75) is 24.5 Å². The average Bonchev–Trinajstić information content (AvgIpc) is 1.89. The molecule has 1 unspecified atom stereocenters. The second-order valence-corrected chi connectivity index (χ2v) is 4.63. The summed E-state index contributed by atoms with van der Waals surface area (Å²) in [5.74, 6) is 0. The molecule has 1 aliphatic heterocycles. The van der Waals surface area contributed by atoms with Gasteiger partial charge in [0.05, 0.1) is 11.5 Å². The Bertz CT molecular complexity index is 128. The van der Waals surface area contributed by atoms with Crippen molar-refractivity contribution < 1.29 is 9.84 Å². The molecule has 1 rings (SSSR count). The highest BCUT2D eigenvalue weighted by atomic mass is 28.1. The zero-order chi connectivity index (χ0) is 7.45. The van der Waals surface area contributed by atoms with E-state index in [4.69, 9.17) is 9.84 Å². The summed E-state index contributed by atoms with van der Waals surface area (Å²) in [6, 6.07) is 0.